The van der Waals surface area contributed by atoms with Crippen molar-refractivity contribution in [1.29, 1.82) is 0 Å². The lowest BCUT2D eigenvalue weighted by Crippen LogP contribution is -2.48. The molecular formula is C16H35IN4O2. The average molecular weight is 442 g/mol. The summed E-state index contributed by atoms with van der Waals surface area (Å²) in [5.41, 5.74) is 0. The van der Waals surface area contributed by atoms with Crippen molar-refractivity contribution in [3.8, 4) is 0 Å². The third kappa shape index (κ3) is 9.69. The van der Waals surface area contributed by atoms with E-state index in [1.165, 1.54) is 0 Å². The number of ether oxygens (including phenoxy) is 2. The third-order valence-electron chi connectivity index (χ3n) is 4.12. The molecule has 0 radical (unpaired) electrons. The van der Waals surface area contributed by atoms with Crippen LogP contribution in [0.4, 0.5) is 0 Å². The smallest absolute Gasteiger partial charge is 0.193 e. The molecule has 1 fully saturated rings. The monoisotopic (exact) mass is 442 g/mol. The molecule has 1 aliphatic heterocycles. The van der Waals surface area contributed by atoms with E-state index in [2.05, 4.69) is 34.1 Å². The summed E-state index contributed by atoms with van der Waals surface area (Å²) in [5, 5.41) is 3.46. The van der Waals surface area contributed by atoms with Crippen molar-refractivity contribution in [2.75, 3.05) is 67.1 Å². The highest BCUT2D eigenvalue weighted by Crippen LogP contribution is 2.14. The topological polar surface area (TPSA) is 49.3 Å². The Morgan fingerprint density at radius 2 is 2.00 bits per heavy atom. The Hall–Kier alpha value is -0.120. The molecule has 0 bridgehead atoms. The van der Waals surface area contributed by atoms with E-state index in [9.17, 15) is 0 Å². The SMILES string of the molecule is CCN(C)CCNC(=NC)N1CCC(OCCCOC)CC1.I. The molecule has 0 aromatic heterocycles. The van der Waals surface area contributed by atoms with Gasteiger partial charge in [0.05, 0.1) is 6.10 Å². The average Bonchev–Trinajstić information content (AvgIpc) is 2.56. The number of halogens is 1. The molecule has 0 atom stereocenters. The van der Waals surface area contributed by atoms with Gasteiger partial charge in [0.25, 0.3) is 0 Å². The number of guanidine groups is 1. The predicted octanol–water partition coefficient (Wildman–Crippen LogP) is 1.65. The molecule has 0 aromatic rings. The van der Waals surface area contributed by atoms with E-state index in [0.717, 1.165) is 71.2 Å². The van der Waals surface area contributed by atoms with Crippen molar-refractivity contribution < 1.29 is 9.47 Å². The van der Waals surface area contributed by atoms with Gasteiger partial charge in [-0.25, -0.2) is 0 Å². The normalized spacial score (nSPS) is 16.6. The molecule has 7 heteroatoms. The lowest BCUT2D eigenvalue weighted by Gasteiger charge is -2.34. The number of rotatable bonds is 9. The van der Waals surface area contributed by atoms with Crippen molar-refractivity contribution >= 4 is 29.9 Å². The second-order valence-corrected chi connectivity index (χ2v) is 5.77. The number of likely N-dealkylation sites (N-methyl/N-ethyl adjacent to an activating group) is 1. The minimum atomic E-state index is 0. The summed E-state index contributed by atoms with van der Waals surface area (Å²) >= 11 is 0. The van der Waals surface area contributed by atoms with Gasteiger partial charge in [-0.05, 0) is 32.9 Å². The quantitative estimate of drug-likeness (QED) is 0.255. The van der Waals surface area contributed by atoms with Crippen LogP contribution in [0.3, 0.4) is 0 Å². The van der Waals surface area contributed by atoms with Crippen LogP contribution >= 0.6 is 24.0 Å². The molecule has 1 aliphatic rings. The zero-order chi connectivity index (χ0) is 16.2. The van der Waals surface area contributed by atoms with Crippen LogP contribution in [0.5, 0.6) is 0 Å². The summed E-state index contributed by atoms with van der Waals surface area (Å²) in [4.78, 5) is 9.03. The standard InChI is InChI=1S/C16H34N4O2.HI/c1-5-19(3)12-9-18-16(17-2)20-10-7-15(8-11-20)22-14-6-13-21-4;/h15H,5-14H2,1-4H3,(H,17,18);1H. The summed E-state index contributed by atoms with van der Waals surface area (Å²) in [6.07, 6.45) is 3.51. The van der Waals surface area contributed by atoms with Crippen molar-refractivity contribution in [1.82, 2.24) is 15.1 Å². The number of hydrogen-bond acceptors (Lipinski definition) is 4. The lowest BCUT2D eigenvalue weighted by molar-refractivity contribution is 0.00990. The van der Waals surface area contributed by atoms with Gasteiger partial charge in [-0.2, -0.15) is 0 Å². The van der Waals surface area contributed by atoms with Gasteiger partial charge < -0.3 is 24.6 Å². The van der Waals surface area contributed by atoms with Crippen LogP contribution < -0.4 is 5.32 Å². The Morgan fingerprint density at radius 3 is 2.57 bits per heavy atom. The van der Waals surface area contributed by atoms with Crippen molar-refractivity contribution in [2.24, 2.45) is 4.99 Å². The van der Waals surface area contributed by atoms with Crippen LogP contribution in [-0.2, 0) is 9.47 Å². The zero-order valence-electron chi connectivity index (χ0n) is 15.2. The van der Waals surface area contributed by atoms with Gasteiger partial charge in [0, 0.05) is 53.6 Å². The fourth-order valence-corrected chi connectivity index (χ4v) is 2.54. The number of aliphatic imine (C=N–C) groups is 1. The molecule has 0 spiro atoms. The Labute approximate surface area is 159 Å². The summed E-state index contributed by atoms with van der Waals surface area (Å²) in [6, 6.07) is 0. The highest BCUT2D eigenvalue weighted by atomic mass is 127. The first-order valence-electron chi connectivity index (χ1n) is 8.46. The van der Waals surface area contributed by atoms with Gasteiger partial charge in [-0.1, -0.05) is 6.92 Å². The molecule has 0 aliphatic carbocycles. The van der Waals surface area contributed by atoms with E-state index in [1.807, 2.05) is 7.05 Å². The molecular weight excluding hydrogens is 407 g/mol. The molecule has 6 nitrogen and oxygen atoms in total. The van der Waals surface area contributed by atoms with Crippen LogP contribution in [0.25, 0.3) is 0 Å². The van der Waals surface area contributed by atoms with Crippen molar-refractivity contribution in [2.45, 2.75) is 32.3 Å². The fraction of sp³-hybridized carbons (Fsp3) is 0.938. The molecule has 1 N–H and O–H groups in total. The highest BCUT2D eigenvalue weighted by molar-refractivity contribution is 14.0. The van der Waals surface area contributed by atoms with Crippen molar-refractivity contribution in [3.63, 3.8) is 0 Å². The zero-order valence-corrected chi connectivity index (χ0v) is 17.5. The molecule has 138 valence electrons. The van der Waals surface area contributed by atoms with Gasteiger partial charge in [0.1, 0.15) is 0 Å². The molecule has 23 heavy (non-hydrogen) atoms. The van der Waals surface area contributed by atoms with Gasteiger partial charge in [0.2, 0.25) is 0 Å². The maximum Gasteiger partial charge on any atom is 0.193 e. The number of hydrogen-bond donors (Lipinski definition) is 1. The number of nitrogens with one attached hydrogen (secondary N) is 1. The van der Waals surface area contributed by atoms with Gasteiger partial charge in [-0.15, -0.1) is 24.0 Å². The largest absolute Gasteiger partial charge is 0.385 e. The first-order valence-corrected chi connectivity index (χ1v) is 8.46. The molecule has 0 saturated carbocycles. The summed E-state index contributed by atoms with van der Waals surface area (Å²) in [6.45, 7) is 8.82. The number of methoxy groups -OCH3 is 1. The Bertz CT molecular complexity index is 310. The molecule has 0 unspecified atom stereocenters. The highest BCUT2D eigenvalue weighted by Gasteiger charge is 2.21. The summed E-state index contributed by atoms with van der Waals surface area (Å²) < 4.78 is 10.9. The molecule has 0 amide bonds. The Balaban J connectivity index is 0.00000484. The molecule has 1 heterocycles. The lowest BCUT2D eigenvalue weighted by atomic mass is 10.1. The van der Waals surface area contributed by atoms with E-state index in [1.54, 1.807) is 7.11 Å². The predicted molar refractivity (Wildman–Crippen MR) is 107 cm³/mol. The minimum absolute atomic E-state index is 0. The van der Waals surface area contributed by atoms with Gasteiger partial charge in [0.15, 0.2) is 5.96 Å². The van der Waals surface area contributed by atoms with Crippen LogP contribution in [0.2, 0.25) is 0 Å². The van der Waals surface area contributed by atoms with Gasteiger partial charge in [-0.3, -0.25) is 4.99 Å². The first kappa shape index (κ1) is 22.9. The summed E-state index contributed by atoms with van der Waals surface area (Å²) in [5.74, 6) is 1.02. The maximum absolute atomic E-state index is 5.90. The first-order chi connectivity index (χ1) is 10.7. The fourth-order valence-electron chi connectivity index (χ4n) is 2.54. The Morgan fingerprint density at radius 1 is 1.30 bits per heavy atom. The number of likely N-dealkylation sites (tertiary alicyclic amines) is 1. The second kappa shape index (κ2) is 14.2. The van der Waals surface area contributed by atoms with E-state index in [-0.39, 0.29) is 24.0 Å². The van der Waals surface area contributed by atoms with Crippen LogP contribution in [-0.4, -0.2) is 89.0 Å². The van der Waals surface area contributed by atoms with Crippen LogP contribution in [0, 0.1) is 0 Å². The number of piperidine rings is 1. The van der Waals surface area contributed by atoms with Gasteiger partial charge >= 0.3 is 0 Å². The van der Waals surface area contributed by atoms with Crippen LogP contribution in [0.15, 0.2) is 4.99 Å². The summed E-state index contributed by atoms with van der Waals surface area (Å²) in [7, 11) is 5.73. The van der Waals surface area contributed by atoms with Crippen LogP contribution in [0.1, 0.15) is 26.2 Å². The molecule has 1 rings (SSSR count). The van der Waals surface area contributed by atoms with E-state index in [4.69, 9.17) is 9.47 Å². The Kier molecular flexibility index (Phi) is 14.2. The third-order valence-corrected chi connectivity index (χ3v) is 4.12. The molecule has 0 aromatic carbocycles. The van der Waals surface area contributed by atoms with E-state index >= 15 is 0 Å². The van der Waals surface area contributed by atoms with Crippen molar-refractivity contribution in [3.05, 3.63) is 0 Å². The second-order valence-electron chi connectivity index (χ2n) is 5.77. The minimum Gasteiger partial charge on any atom is -0.385 e. The molecule has 1 saturated heterocycles. The van der Waals surface area contributed by atoms with E-state index in [0.29, 0.717) is 6.10 Å². The van der Waals surface area contributed by atoms with E-state index < -0.39 is 0 Å². The number of nitrogens with zero attached hydrogens (tertiary/aromatic N) is 3. The maximum atomic E-state index is 5.90.